The third kappa shape index (κ3) is 4.00. The number of para-hydroxylation sites is 1. The van der Waals surface area contributed by atoms with Gasteiger partial charge in [-0.05, 0) is 42.5 Å². The molecule has 134 valence electrons. The number of nitrogens with one attached hydrogen (secondary N) is 2. The summed E-state index contributed by atoms with van der Waals surface area (Å²) < 4.78 is 51.2. The van der Waals surface area contributed by atoms with Crippen LogP contribution in [0.15, 0.2) is 54.7 Å². The zero-order valence-corrected chi connectivity index (χ0v) is 13.2. The second-order valence-corrected chi connectivity index (χ2v) is 5.29. The summed E-state index contributed by atoms with van der Waals surface area (Å²) in [4.78, 5) is 8.17. The zero-order chi connectivity index (χ0) is 18.7. The number of rotatable bonds is 4. The Balaban J connectivity index is 1.76. The van der Waals surface area contributed by atoms with Crippen molar-refractivity contribution < 1.29 is 17.6 Å². The molecule has 3 rings (SSSR count). The highest BCUT2D eigenvalue weighted by molar-refractivity contribution is 5.71. The minimum Gasteiger partial charge on any atom is -0.395 e. The highest BCUT2D eigenvalue weighted by Gasteiger charge is 2.29. The molecule has 0 atom stereocenters. The fourth-order valence-corrected chi connectivity index (χ4v) is 2.14. The molecular weight excluding hydrogens is 350 g/mol. The van der Waals surface area contributed by atoms with Gasteiger partial charge in [-0.2, -0.15) is 18.2 Å². The molecule has 0 fully saturated rings. The van der Waals surface area contributed by atoms with E-state index in [0.29, 0.717) is 17.2 Å². The Morgan fingerprint density at radius 2 is 1.65 bits per heavy atom. The first-order valence-corrected chi connectivity index (χ1v) is 7.41. The highest BCUT2D eigenvalue weighted by Crippen LogP contribution is 2.30. The molecule has 0 unspecified atom stereocenters. The Labute approximate surface area is 145 Å². The van der Waals surface area contributed by atoms with Gasteiger partial charge < -0.3 is 16.4 Å². The van der Waals surface area contributed by atoms with E-state index < -0.39 is 17.6 Å². The number of hydrogen-bond donors (Lipinski definition) is 3. The lowest BCUT2D eigenvalue weighted by Crippen LogP contribution is -2.05. The first-order valence-electron chi connectivity index (χ1n) is 7.41. The lowest BCUT2D eigenvalue weighted by molar-refractivity contribution is -0.137. The van der Waals surface area contributed by atoms with Gasteiger partial charge in [0, 0.05) is 11.9 Å². The maximum atomic E-state index is 13.5. The Hall–Kier alpha value is -3.36. The van der Waals surface area contributed by atoms with E-state index in [2.05, 4.69) is 20.6 Å². The van der Waals surface area contributed by atoms with Crippen molar-refractivity contribution in [2.75, 3.05) is 16.4 Å². The van der Waals surface area contributed by atoms with E-state index in [9.17, 15) is 17.6 Å². The molecular formula is C17H13F4N5. The van der Waals surface area contributed by atoms with Crippen molar-refractivity contribution in [3.63, 3.8) is 0 Å². The van der Waals surface area contributed by atoms with Gasteiger partial charge in [0.1, 0.15) is 11.6 Å². The van der Waals surface area contributed by atoms with Crippen molar-refractivity contribution in [1.29, 1.82) is 0 Å². The monoisotopic (exact) mass is 363 g/mol. The van der Waals surface area contributed by atoms with E-state index >= 15 is 0 Å². The molecule has 1 heterocycles. The van der Waals surface area contributed by atoms with Crippen molar-refractivity contribution in [3.8, 4) is 0 Å². The Bertz CT molecular complexity index is 910. The van der Waals surface area contributed by atoms with Crippen molar-refractivity contribution in [2.24, 2.45) is 0 Å². The number of nitrogens with two attached hydrogens (primary N) is 1. The van der Waals surface area contributed by atoms with Crippen LogP contribution in [0.2, 0.25) is 0 Å². The average Bonchev–Trinajstić information content (AvgIpc) is 2.59. The SMILES string of the molecule is Nc1c(F)cccc1Nc1ccnc(Nc2ccc(C(F)(F)F)cc2)n1. The largest absolute Gasteiger partial charge is 0.416 e. The van der Waals surface area contributed by atoms with Gasteiger partial charge in [-0.1, -0.05) is 6.07 Å². The van der Waals surface area contributed by atoms with E-state index in [1.54, 1.807) is 12.1 Å². The molecule has 0 aliphatic rings. The van der Waals surface area contributed by atoms with E-state index in [0.717, 1.165) is 12.1 Å². The van der Waals surface area contributed by atoms with E-state index in [1.807, 2.05) is 0 Å². The Kier molecular flexibility index (Phi) is 4.61. The van der Waals surface area contributed by atoms with Crippen molar-refractivity contribution in [1.82, 2.24) is 9.97 Å². The molecule has 0 spiro atoms. The molecule has 0 aliphatic heterocycles. The lowest BCUT2D eigenvalue weighted by atomic mass is 10.2. The van der Waals surface area contributed by atoms with Gasteiger partial charge >= 0.3 is 6.18 Å². The fraction of sp³-hybridized carbons (Fsp3) is 0.0588. The zero-order valence-electron chi connectivity index (χ0n) is 13.2. The van der Waals surface area contributed by atoms with Crippen LogP contribution in [0.5, 0.6) is 0 Å². The van der Waals surface area contributed by atoms with Crippen LogP contribution in [-0.2, 0) is 6.18 Å². The van der Waals surface area contributed by atoms with Crippen molar-refractivity contribution in [3.05, 3.63) is 66.1 Å². The van der Waals surface area contributed by atoms with E-state index in [-0.39, 0.29) is 11.6 Å². The summed E-state index contributed by atoms with van der Waals surface area (Å²) in [6, 6.07) is 10.3. The minimum atomic E-state index is -4.40. The van der Waals surface area contributed by atoms with Gasteiger partial charge in [0.2, 0.25) is 5.95 Å². The third-order valence-electron chi connectivity index (χ3n) is 3.44. The van der Waals surface area contributed by atoms with Crippen LogP contribution in [-0.4, -0.2) is 9.97 Å². The molecule has 0 saturated carbocycles. The van der Waals surface area contributed by atoms with Gasteiger partial charge in [0.15, 0.2) is 0 Å². The molecule has 2 aromatic carbocycles. The molecule has 4 N–H and O–H groups in total. The van der Waals surface area contributed by atoms with Gasteiger partial charge in [0.25, 0.3) is 0 Å². The van der Waals surface area contributed by atoms with Crippen molar-refractivity contribution in [2.45, 2.75) is 6.18 Å². The molecule has 26 heavy (non-hydrogen) atoms. The first-order chi connectivity index (χ1) is 12.3. The van der Waals surface area contributed by atoms with Crippen LogP contribution in [0.3, 0.4) is 0 Å². The number of alkyl halides is 3. The van der Waals surface area contributed by atoms with Gasteiger partial charge in [-0.25, -0.2) is 9.37 Å². The van der Waals surface area contributed by atoms with Crippen LogP contribution < -0.4 is 16.4 Å². The first kappa shape index (κ1) is 17.5. The molecule has 0 aliphatic carbocycles. The van der Waals surface area contributed by atoms with Crippen LogP contribution in [0.1, 0.15) is 5.56 Å². The number of hydrogen-bond acceptors (Lipinski definition) is 5. The molecule has 5 nitrogen and oxygen atoms in total. The molecule has 0 bridgehead atoms. The quantitative estimate of drug-likeness (QED) is 0.463. The van der Waals surface area contributed by atoms with Crippen LogP contribution in [0, 0.1) is 5.82 Å². The number of aromatic nitrogens is 2. The molecule has 3 aromatic rings. The number of benzene rings is 2. The van der Waals surface area contributed by atoms with Gasteiger partial charge in [-0.3, -0.25) is 0 Å². The summed E-state index contributed by atoms with van der Waals surface area (Å²) in [6.45, 7) is 0. The average molecular weight is 363 g/mol. The maximum absolute atomic E-state index is 13.5. The predicted molar refractivity (Wildman–Crippen MR) is 90.9 cm³/mol. The fourth-order valence-electron chi connectivity index (χ4n) is 2.14. The van der Waals surface area contributed by atoms with Crippen LogP contribution in [0.4, 0.5) is 46.4 Å². The topological polar surface area (TPSA) is 75.9 Å². The number of nitrogen functional groups attached to an aromatic ring is 1. The van der Waals surface area contributed by atoms with Crippen LogP contribution in [0.25, 0.3) is 0 Å². The molecule has 0 radical (unpaired) electrons. The maximum Gasteiger partial charge on any atom is 0.416 e. The second kappa shape index (κ2) is 6.87. The number of nitrogens with zero attached hydrogens (tertiary/aromatic N) is 2. The number of anilines is 5. The molecule has 0 amide bonds. The molecule has 1 aromatic heterocycles. The predicted octanol–water partition coefficient (Wildman–Crippen LogP) is 4.70. The smallest absolute Gasteiger partial charge is 0.395 e. The number of halogens is 4. The third-order valence-corrected chi connectivity index (χ3v) is 3.44. The summed E-state index contributed by atoms with van der Waals surface area (Å²) in [7, 11) is 0. The van der Waals surface area contributed by atoms with Gasteiger partial charge in [0.05, 0.1) is 16.9 Å². The Morgan fingerprint density at radius 1 is 0.923 bits per heavy atom. The lowest BCUT2D eigenvalue weighted by Gasteiger charge is -2.11. The van der Waals surface area contributed by atoms with E-state index in [1.165, 1.54) is 30.5 Å². The van der Waals surface area contributed by atoms with Crippen molar-refractivity contribution >= 4 is 28.8 Å². The summed E-state index contributed by atoms with van der Waals surface area (Å²) in [5.74, 6) is -0.0661. The summed E-state index contributed by atoms with van der Waals surface area (Å²) >= 11 is 0. The standard InChI is InChI=1S/C17H13F4N5/c18-12-2-1-3-13(15(12)22)25-14-8-9-23-16(26-14)24-11-6-4-10(5-7-11)17(19,20)21/h1-9H,22H2,(H2,23,24,25,26). The molecule has 9 heteroatoms. The van der Waals surface area contributed by atoms with Crippen LogP contribution >= 0.6 is 0 Å². The second-order valence-electron chi connectivity index (χ2n) is 5.29. The normalized spacial score (nSPS) is 11.2. The van der Waals surface area contributed by atoms with E-state index in [4.69, 9.17) is 5.73 Å². The van der Waals surface area contributed by atoms with Gasteiger partial charge in [-0.15, -0.1) is 0 Å². The Morgan fingerprint density at radius 3 is 2.35 bits per heavy atom. The summed E-state index contributed by atoms with van der Waals surface area (Å²) in [5.41, 5.74) is 5.58. The molecule has 0 saturated heterocycles. The minimum absolute atomic E-state index is 0.0524. The highest BCUT2D eigenvalue weighted by atomic mass is 19.4. The summed E-state index contributed by atoms with van der Waals surface area (Å²) in [5, 5.41) is 5.66. The summed E-state index contributed by atoms with van der Waals surface area (Å²) in [6.07, 6.45) is -2.96.